The molecule has 0 atom stereocenters. The number of nitro groups is 1. The highest BCUT2D eigenvalue weighted by Gasteiger charge is 2.07. The molecule has 0 aliphatic rings. The zero-order chi connectivity index (χ0) is 15.4. The number of hydrogen-bond acceptors (Lipinski definition) is 6. The first-order valence-electron chi connectivity index (χ1n) is 5.36. The van der Waals surface area contributed by atoms with Gasteiger partial charge in [-0.15, -0.1) is 0 Å². The van der Waals surface area contributed by atoms with Crippen LogP contribution in [0.25, 0.3) is 6.08 Å². The Morgan fingerprint density at radius 1 is 1.45 bits per heavy atom. The highest BCUT2D eigenvalue weighted by molar-refractivity contribution is 5.58. The topological polar surface area (TPSA) is 109 Å². The van der Waals surface area contributed by atoms with Gasteiger partial charge in [0.1, 0.15) is 18.9 Å². The van der Waals surface area contributed by atoms with Crippen LogP contribution in [0.4, 0.5) is 5.69 Å². The summed E-state index contributed by atoms with van der Waals surface area (Å²) in [5.74, 6) is 0. The van der Waals surface area contributed by atoms with Crippen LogP contribution in [0, 0.1) is 32.8 Å². The molecule has 104 valence electrons. The third-order valence-electron chi connectivity index (χ3n) is 1.94. The van der Waals surface area contributed by atoms with Crippen LogP contribution >= 0.6 is 0 Å². The zero-order valence-electron chi connectivity index (χ0n) is 10.9. The molecule has 0 aliphatic heterocycles. The van der Waals surface area contributed by atoms with Gasteiger partial charge in [-0.05, 0) is 6.07 Å². The Hall–Kier alpha value is -2.74. The van der Waals surface area contributed by atoms with Gasteiger partial charge in [-0.2, -0.15) is 10.5 Å². The molecule has 0 aliphatic carbocycles. The summed E-state index contributed by atoms with van der Waals surface area (Å²) in [5, 5.41) is 26.5. The van der Waals surface area contributed by atoms with Gasteiger partial charge in [0, 0.05) is 13.2 Å². The van der Waals surface area contributed by atoms with Crippen molar-refractivity contribution in [2.45, 2.75) is 6.10 Å². The molecule has 0 unspecified atom stereocenters. The lowest BCUT2D eigenvalue weighted by molar-refractivity contribution is -0.385. The number of nitriles is 2. The first-order chi connectivity index (χ1) is 9.60. The Morgan fingerprint density at radius 2 is 2.05 bits per heavy atom. The van der Waals surface area contributed by atoms with Crippen molar-refractivity contribution in [1.82, 2.24) is 0 Å². The third kappa shape index (κ3) is 6.26. The van der Waals surface area contributed by atoms with Gasteiger partial charge in [-0.25, -0.2) is 0 Å². The van der Waals surface area contributed by atoms with Crippen molar-refractivity contribution < 1.29 is 14.4 Å². The number of nitrogens with zero attached hydrogens (tertiary/aromatic N) is 3. The van der Waals surface area contributed by atoms with Gasteiger partial charge in [-0.1, -0.05) is 24.8 Å². The first kappa shape index (κ1) is 17.3. The van der Waals surface area contributed by atoms with E-state index in [0.29, 0.717) is 5.56 Å². The maximum absolute atomic E-state index is 10.3. The van der Waals surface area contributed by atoms with Crippen molar-refractivity contribution in [3.63, 3.8) is 0 Å². The number of ether oxygens (including phenoxy) is 2. The number of nitro benzene ring substituents is 1. The van der Waals surface area contributed by atoms with E-state index in [9.17, 15) is 10.1 Å². The molecule has 0 saturated carbocycles. The Labute approximate surface area is 116 Å². The standard InChI is InChI=1S/C8H7NO2.C5H6N2O2/c1-2-7-5-3-4-6-8(7)9(10)11;1-8-4-9-5(2-6)3-7/h2-6H,1H2;5H,4H2,1H3. The largest absolute Gasteiger partial charge is 0.359 e. The molecule has 0 spiro atoms. The SMILES string of the molecule is C=Cc1ccccc1[N+](=O)[O-].COCOC(C#N)C#N. The predicted octanol–water partition coefficient (Wildman–Crippen LogP) is 2.26. The molecular formula is C13H13N3O4. The smallest absolute Gasteiger partial charge is 0.276 e. The van der Waals surface area contributed by atoms with Crippen LogP contribution in [-0.2, 0) is 9.47 Å². The maximum Gasteiger partial charge on any atom is 0.276 e. The molecule has 0 amide bonds. The van der Waals surface area contributed by atoms with Gasteiger partial charge in [0.05, 0.1) is 10.5 Å². The molecule has 7 heteroatoms. The zero-order valence-corrected chi connectivity index (χ0v) is 10.9. The summed E-state index contributed by atoms with van der Waals surface area (Å²) in [6, 6.07) is 9.73. The lowest BCUT2D eigenvalue weighted by Gasteiger charge is -1.98. The highest BCUT2D eigenvalue weighted by atomic mass is 16.7. The molecule has 0 radical (unpaired) electrons. The fourth-order valence-corrected chi connectivity index (χ4v) is 1.07. The van der Waals surface area contributed by atoms with E-state index in [-0.39, 0.29) is 12.5 Å². The van der Waals surface area contributed by atoms with Crippen LogP contribution in [0.3, 0.4) is 0 Å². The highest BCUT2D eigenvalue weighted by Crippen LogP contribution is 2.17. The third-order valence-corrected chi connectivity index (χ3v) is 1.94. The fraction of sp³-hybridized carbons (Fsp3) is 0.231. The van der Waals surface area contributed by atoms with Crippen LogP contribution in [-0.4, -0.2) is 24.9 Å². The summed E-state index contributed by atoms with van der Waals surface area (Å²) in [4.78, 5) is 9.92. The second kappa shape index (κ2) is 10.2. The van der Waals surface area contributed by atoms with Gasteiger partial charge in [-0.3, -0.25) is 10.1 Å². The maximum atomic E-state index is 10.3. The van der Waals surface area contributed by atoms with Crippen LogP contribution in [0.5, 0.6) is 0 Å². The van der Waals surface area contributed by atoms with Gasteiger partial charge in [0.2, 0.25) is 6.10 Å². The molecule has 0 saturated heterocycles. The van der Waals surface area contributed by atoms with Gasteiger partial charge in [0.25, 0.3) is 5.69 Å². The van der Waals surface area contributed by atoms with E-state index >= 15 is 0 Å². The monoisotopic (exact) mass is 275 g/mol. The van der Waals surface area contributed by atoms with Crippen molar-refractivity contribution >= 4 is 11.8 Å². The molecule has 1 aromatic rings. The minimum Gasteiger partial charge on any atom is -0.359 e. The van der Waals surface area contributed by atoms with Crippen molar-refractivity contribution in [3.05, 3.63) is 46.5 Å². The summed E-state index contributed by atoms with van der Waals surface area (Å²) in [5.41, 5.74) is 0.653. The van der Waals surface area contributed by atoms with Gasteiger partial charge in [0.15, 0.2) is 0 Å². The molecule has 7 nitrogen and oxygen atoms in total. The number of para-hydroxylation sites is 1. The predicted molar refractivity (Wildman–Crippen MR) is 71.2 cm³/mol. The number of rotatable bonds is 5. The fourth-order valence-electron chi connectivity index (χ4n) is 1.07. The van der Waals surface area contributed by atoms with Crippen LogP contribution < -0.4 is 0 Å². The molecule has 0 N–H and O–H groups in total. The molecule has 1 rings (SSSR count). The molecular weight excluding hydrogens is 262 g/mol. The quantitative estimate of drug-likeness (QED) is 0.463. The Kier molecular flexibility index (Phi) is 8.81. The summed E-state index contributed by atoms with van der Waals surface area (Å²) in [6.07, 6.45) is 0.461. The van der Waals surface area contributed by atoms with Crippen LogP contribution in [0.1, 0.15) is 5.56 Å². The molecule has 0 bridgehead atoms. The van der Waals surface area contributed by atoms with E-state index < -0.39 is 11.0 Å². The second-order valence-corrected chi connectivity index (χ2v) is 3.23. The van der Waals surface area contributed by atoms with Gasteiger partial charge < -0.3 is 9.47 Å². The number of hydrogen-bond donors (Lipinski definition) is 0. The van der Waals surface area contributed by atoms with E-state index in [1.165, 1.54) is 19.3 Å². The Bertz CT molecular complexity index is 517. The second-order valence-electron chi connectivity index (χ2n) is 3.23. The number of benzene rings is 1. The molecule has 1 aromatic carbocycles. The van der Waals surface area contributed by atoms with Crippen molar-refractivity contribution in [2.24, 2.45) is 0 Å². The summed E-state index contributed by atoms with van der Waals surface area (Å²) < 4.78 is 9.00. The lowest BCUT2D eigenvalue weighted by atomic mass is 10.2. The molecule has 0 heterocycles. The Balaban J connectivity index is 0.000000370. The summed E-state index contributed by atoms with van der Waals surface area (Å²) >= 11 is 0. The minimum atomic E-state index is -1.01. The van der Waals surface area contributed by atoms with Crippen molar-refractivity contribution in [3.8, 4) is 12.1 Å². The van der Waals surface area contributed by atoms with Crippen molar-refractivity contribution in [1.29, 1.82) is 10.5 Å². The van der Waals surface area contributed by atoms with Crippen molar-refractivity contribution in [2.75, 3.05) is 13.9 Å². The lowest BCUT2D eigenvalue weighted by Crippen LogP contribution is -2.08. The molecule has 20 heavy (non-hydrogen) atoms. The minimum absolute atomic E-state index is 0.0220. The average molecular weight is 275 g/mol. The normalized spacial score (nSPS) is 8.80. The van der Waals surface area contributed by atoms with Gasteiger partial charge >= 0.3 is 0 Å². The molecule has 0 fully saturated rings. The van der Waals surface area contributed by atoms with E-state index in [1.54, 1.807) is 30.3 Å². The van der Waals surface area contributed by atoms with Crippen LogP contribution in [0.15, 0.2) is 30.8 Å². The van der Waals surface area contributed by atoms with E-state index in [2.05, 4.69) is 16.1 Å². The first-order valence-corrected chi connectivity index (χ1v) is 5.36. The summed E-state index contributed by atoms with van der Waals surface area (Å²) in [7, 11) is 1.42. The van der Waals surface area contributed by atoms with E-state index in [4.69, 9.17) is 10.5 Å². The summed E-state index contributed by atoms with van der Waals surface area (Å²) in [6.45, 7) is 3.45. The van der Waals surface area contributed by atoms with Crippen LogP contribution in [0.2, 0.25) is 0 Å². The molecule has 0 aromatic heterocycles. The van der Waals surface area contributed by atoms with E-state index in [0.717, 1.165) is 0 Å². The Morgan fingerprint density at radius 3 is 2.45 bits per heavy atom. The average Bonchev–Trinajstić information content (AvgIpc) is 2.49. The van der Waals surface area contributed by atoms with E-state index in [1.807, 2.05) is 0 Å². The number of methoxy groups -OCH3 is 1.